The number of carbonyl (C=O) groups is 3. The zero-order chi connectivity index (χ0) is 28.9. The van der Waals surface area contributed by atoms with E-state index in [1.165, 1.54) is 13.2 Å². The zero-order valence-electron chi connectivity index (χ0n) is 22.5. The van der Waals surface area contributed by atoms with Crippen molar-refractivity contribution < 1.29 is 19.1 Å². The molecular weight excluding hydrogens is 549 g/mol. The smallest absolute Gasteiger partial charge is 0.319 e. The highest BCUT2D eigenvalue weighted by Crippen LogP contribution is 2.31. The largest absolute Gasteiger partial charge is 0.468 e. The van der Waals surface area contributed by atoms with E-state index < -0.39 is 24.0 Å². The summed E-state index contributed by atoms with van der Waals surface area (Å²) < 4.78 is 4.84. The Hall–Kier alpha value is -3.39. The Morgan fingerprint density at radius 2 is 1.68 bits per heavy atom. The van der Waals surface area contributed by atoms with Crippen molar-refractivity contribution in [1.82, 2.24) is 15.5 Å². The number of hydrogen-bond acceptors (Lipinski definition) is 5. The van der Waals surface area contributed by atoms with Crippen LogP contribution >= 0.6 is 23.2 Å². The fourth-order valence-corrected chi connectivity index (χ4v) is 4.96. The lowest BCUT2D eigenvalue weighted by Crippen LogP contribution is -2.55. The fourth-order valence-electron chi connectivity index (χ4n) is 4.74. The predicted octanol–water partition coefficient (Wildman–Crippen LogP) is 4.88. The summed E-state index contributed by atoms with van der Waals surface area (Å²) in [5, 5.41) is 7.04. The van der Waals surface area contributed by atoms with Gasteiger partial charge in [0.25, 0.3) is 0 Å². The minimum atomic E-state index is -0.809. The van der Waals surface area contributed by atoms with E-state index in [9.17, 15) is 14.4 Å². The molecule has 9 heteroatoms. The molecule has 2 aromatic carbocycles. The quantitative estimate of drug-likeness (QED) is 0.259. The number of methoxy groups -OCH3 is 1. The van der Waals surface area contributed by atoms with Gasteiger partial charge in [-0.15, -0.1) is 0 Å². The second-order valence-corrected chi connectivity index (χ2v) is 10.3. The van der Waals surface area contributed by atoms with Crippen LogP contribution < -0.4 is 10.6 Å². The molecule has 0 radical (unpaired) electrons. The molecule has 212 valence electrons. The number of carbonyl (C=O) groups excluding carboxylic acids is 3. The Morgan fingerprint density at radius 3 is 2.25 bits per heavy atom. The molecule has 40 heavy (non-hydrogen) atoms. The summed E-state index contributed by atoms with van der Waals surface area (Å²) in [6, 6.07) is 17.9. The van der Waals surface area contributed by atoms with E-state index in [0.29, 0.717) is 42.4 Å². The third-order valence-corrected chi connectivity index (χ3v) is 7.33. The average Bonchev–Trinajstić information content (AvgIpc) is 3.48. The van der Waals surface area contributed by atoms with Crippen LogP contribution in [0.4, 0.5) is 0 Å². The molecule has 2 aromatic rings. The molecule has 0 unspecified atom stereocenters. The number of esters is 1. The third kappa shape index (κ3) is 8.81. The number of ether oxygens (including phenoxy) is 1. The van der Waals surface area contributed by atoms with Gasteiger partial charge in [-0.25, -0.2) is 0 Å². The Balaban J connectivity index is 1.82. The van der Waals surface area contributed by atoms with Gasteiger partial charge in [-0.05, 0) is 36.1 Å². The van der Waals surface area contributed by atoms with Crippen LogP contribution in [0, 0.1) is 0 Å². The maximum atomic E-state index is 14.2. The molecule has 0 bridgehead atoms. The van der Waals surface area contributed by atoms with Gasteiger partial charge in [0, 0.05) is 35.5 Å². The first kappa shape index (κ1) is 31.1. The maximum Gasteiger partial charge on any atom is 0.319 e. The highest BCUT2D eigenvalue weighted by atomic mass is 35.5. The SMILES string of the molecule is C=C/C(Cl)=C\C=C(\Cl)CCNC(=O)[C@@H]1CCCN1C(=O)[C@H](NCC(=O)OC)C(c1ccccc1)c1ccccc1. The Bertz CT molecular complexity index is 1180. The molecule has 1 aliphatic rings. The van der Waals surface area contributed by atoms with Gasteiger partial charge in [-0.3, -0.25) is 19.7 Å². The number of nitrogens with zero attached hydrogens (tertiary/aromatic N) is 1. The first-order valence-corrected chi connectivity index (χ1v) is 13.9. The van der Waals surface area contributed by atoms with Crippen molar-refractivity contribution >= 4 is 41.0 Å². The van der Waals surface area contributed by atoms with Gasteiger partial charge in [0.1, 0.15) is 6.04 Å². The molecule has 2 atom stereocenters. The van der Waals surface area contributed by atoms with E-state index in [-0.39, 0.29) is 18.4 Å². The van der Waals surface area contributed by atoms with Gasteiger partial charge in [0.15, 0.2) is 0 Å². The summed E-state index contributed by atoms with van der Waals surface area (Å²) in [6.45, 7) is 4.18. The van der Waals surface area contributed by atoms with Crippen molar-refractivity contribution in [2.45, 2.75) is 37.3 Å². The molecule has 0 aromatic heterocycles. The van der Waals surface area contributed by atoms with Crippen LogP contribution in [0.3, 0.4) is 0 Å². The summed E-state index contributed by atoms with van der Waals surface area (Å²) in [4.78, 5) is 41.1. The van der Waals surface area contributed by atoms with E-state index in [1.54, 1.807) is 17.1 Å². The number of hydrogen-bond donors (Lipinski definition) is 2. The van der Waals surface area contributed by atoms with E-state index in [0.717, 1.165) is 11.1 Å². The standard InChI is InChI=1S/C31H35Cl2N3O4/c1-3-24(32)16-17-25(33)18-19-34-30(38)26-15-10-20-36(26)31(39)29(35-21-27(37)40-2)28(22-11-6-4-7-12-22)23-13-8-5-9-14-23/h3-9,11-14,16-17,26,28-29,35H,1,10,15,18-21H2,2H3,(H,34,38)/b24-16+,25-17+/t26-,29+/m0/s1. The maximum absolute atomic E-state index is 14.2. The number of amides is 2. The topological polar surface area (TPSA) is 87.7 Å². The molecule has 0 saturated carbocycles. The number of likely N-dealkylation sites (tertiary alicyclic amines) is 1. The van der Waals surface area contributed by atoms with Crippen molar-refractivity contribution in [3.8, 4) is 0 Å². The van der Waals surface area contributed by atoms with Crippen LogP contribution in [0.15, 0.2) is 95.5 Å². The molecule has 1 heterocycles. The molecule has 0 spiro atoms. The van der Waals surface area contributed by atoms with E-state index >= 15 is 0 Å². The Kier molecular flexibility index (Phi) is 12.5. The summed E-state index contributed by atoms with van der Waals surface area (Å²) in [5.41, 5.74) is 1.83. The fraction of sp³-hybridized carbons (Fsp3) is 0.323. The first-order valence-electron chi connectivity index (χ1n) is 13.2. The van der Waals surface area contributed by atoms with Gasteiger partial charge in [-0.1, -0.05) is 96.5 Å². The van der Waals surface area contributed by atoms with Gasteiger partial charge in [-0.2, -0.15) is 0 Å². The van der Waals surface area contributed by atoms with Crippen molar-refractivity contribution in [3.05, 3.63) is 107 Å². The minimum Gasteiger partial charge on any atom is -0.468 e. The second kappa shape index (κ2) is 16.0. The number of rotatable bonds is 13. The molecule has 3 rings (SSSR count). The highest BCUT2D eigenvalue weighted by Gasteiger charge is 2.40. The molecule has 1 saturated heterocycles. The molecule has 1 fully saturated rings. The lowest BCUT2D eigenvalue weighted by atomic mass is 9.84. The number of allylic oxidation sites excluding steroid dienone is 4. The Labute approximate surface area is 245 Å². The summed E-state index contributed by atoms with van der Waals surface area (Å²) in [7, 11) is 1.30. The van der Waals surface area contributed by atoms with Crippen molar-refractivity contribution in [3.63, 3.8) is 0 Å². The molecule has 2 N–H and O–H groups in total. The van der Waals surface area contributed by atoms with Crippen LogP contribution in [0.25, 0.3) is 0 Å². The van der Waals surface area contributed by atoms with Crippen LogP contribution in [0.1, 0.15) is 36.3 Å². The molecular formula is C31H35Cl2N3O4. The van der Waals surface area contributed by atoms with Gasteiger partial charge in [0.05, 0.1) is 19.7 Å². The minimum absolute atomic E-state index is 0.150. The lowest BCUT2D eigenvalue weighted by Gasteiger charge is -2.33. The normalized spacial score (nSPS) is 16.5. The van der Waals surface area contributed by atoms with Gasteiger partial charge >= 0.3 is 5.97 Å². The second-order valence-electron chi connectivity index (χ2n) is 9.33. The van der Waals surface area contributed by atoms with Gasteiger partial charge in [0.2, 0.25) is 11.8 Å². The van der Waals surface area contributed by atoms with Crippen molar-refractivity contribution in [1.29, 1.82) is 0 Å². The van der Waals surface area contributed by atoms with Gasteiger partial charge < -0.3 is 15.0 Å². The molecule has 2 amide bonds. The summed E-state index contributed by atoms with van der Waals surface area (Å²) in [6.07, 6.45) is 6.45. The third-order valence-electron chi connectivity index (χ3n) is 6.73. The van der Waals surface area contributed by atoms with Crippen LogP contribution in [0.2, 0.25) is 0 Å². The first-order chi connectivity index (χ1) is 19.3. The summed E-state index contributed by atoms with van der Waals surface area (Å²) in [5.74, 6) is -1.37. The Morgan fingerprint density at radius 1 is 1.05 bits per heavy atom. The zero-order valence-corrected chi connectivity index (χ0v) is 24.0. The number of halogens is 2. The number of benzene rings is 2. The van der Waals surface area contributed by atoms with E-state index in [4.69, 9.17) is 27.9 Å². The molecule has 1 aliphatic heterocycles. The van der Waals surface area contributed by atoms with Crippen molar-refractivity contribution in [2.24, 2.45) is 0 Å². The highest BCUT2D eigenvalue weighted by molar-refractivity contribution is 6.32. The predicted molar refractivity (Wildman–Crippen MR) is 159 cm³/mol. The molecule has 7 nitrogen and oxygen atoms in total. The van der Waals surface area contributed by atoms with E-state index in [2.05, 4.69) is 17.2 Å². The monoisotopic (exact) mass is 583 g/mol. The average molecular weight is 585 g/mol. The van der Waals surface area contributed by atoms with Crippen LogP contribution in [-0.2, 0) is 19.1 Å². The van der Waals surface area contributed by atoms with E-state index in [1.807, 2.05) is 60.7 Å². The van der Waals surface area contributed by atoms with Crippen LogP contribution in [0.5, 0.6) is 0 Å². The van der Waals surface area contributed by atoms with Crippen molar-refractivity contribution in [2.75, 3.05) is 26.7 Å². The number of nitrogens with one attached hydrogen (secondary N) is 2. The van der Waals surface area contributed by atoms with Crippen LogP contribution in [-0.4, -0.2) is 61.5 Å². The molecule has 0 aliphatic carbocycles. The lowest BCUT2D eigenvalue weighted by molar-refractivity contribution is -0.142. The summed E-state index contributed by atoms with van der Waals surface area (Å²) >= 11 is 12.1.